The molecular weight excluding hydrogens is 318 g/mol. The fourth-order valence-corrected chi connectivity index (χ4v) is 2.51. The van der Waals surface area contributed by atoms with Crippen molar-refractivity contribution in [3.05, 3.63) is 59.7 Å². The Morgan fingerprint density at radius 2 is 1.92 bits per heavy atom. The van der Waals surface area contributed by atoms with Crippen molar-refractivity contribution in [3.63, 3.8) is 0 Å². The van der Waals surface area contributed by atoms with Gasteiger partial charge in [-0.2, -0.15) is 0 Å². The number of likely N-dealkylation sites (N-methyl/N-ethyl adjacent to an activating group) is 1. The number of fused-ring (bicyclic) bond motifs is 1. The number of carbonyl (C=O) groups excluding carboxylic acids is 1. The second-order valence-electron chi connectivity index (χ2n) is 5.80. The van der Waals surface area contributed by atoms with Crippen LogP contribution >= 0.6 is 0 Å². The third-order valence-electron chi connectivity index (χ3n) is 4.09. The van der Waals surface area contributed by atoms with Crippen molar-refractivity contribution in [1.29, 1.82) is 0 Å². The standard InChI is InChI=1S/C20H21NO4/c1-21(12-11-15-3-7-17(23-2)8-4-15)20(22)10-6-16-5-9-18-19(13-16)25-14-24-18/h3-10,13H,11-12,14H2,1-2H3. The van der Waals surface area contributed by atoms with Crippen LogP contribution in [-0.2, 0) is 11.2 Å². The normalized spacial score (nSPS) is 12.4. The van der Waals surface area contributed by atoms with Gasteiger partial charge in [0.05, 0.1) is 7.11 Å². The Balaban J connectivity index is 1.53. The molecule has 130 valence electrons. The summed E-state index contributed by atoms with van der Waals surface area (Å²) in [4.78, 5) is 13.9. The van der Waals surface area contributed by atoms with Gasteiger partial charge in [0.2, 0.25) is 12.7 Å². The molecule has 0 aliphatic carbocycles. The fraction of sp³-hybridized carbons (Fsp3) is 0.250. The van der Waals surface area contributed by atoms with Crippen LogP contribution in [0.2, 0.25) is 0 Å². The molecule has 5 heteroatoms. The first kappa shape index (κ1) is 16.9. The maximum Gasteiger partial charge on any atom is 0.246 e. The van der Waals surface area contributed by atoms with Gasteiger partial charge in [-0.05, 0) is 47.9 Å². The summed E-state index contributed by atoms with van der Waals surface area (Å²) < 4.78 is 15.8. The minimum atomic E-state index is -0.0359. The summed E-state index contributed by atoms with van der Waals surface area (Å²) in [7, 11) is 3.45. The van der Waals surface area contributed by atoms with Gasteiger partial charge in [0, 0.05) is 19.7 Å². The molecular formula is C20H21NO4. The number of benzene rings is 2. The zero-order valence-corrected chi connectivity index (χ0v) is 14.4. The van der Waals surface area contributed by atoms with Crippen LogP contribution in [-0.4, -0.2) is 38.3 Å². The van der Waals surface area contributed by atoms with Crippen LogP contribution in [0.3, 0.4) is 0 Å². The van der Waals surface area contributed by atoms with E-state index in [0.29, 0.717) is 12.3 Å². The molecule has 0 aromatic heterocycles. The molecule has 0 atom stereocenters. The Hall–Kier alpha value is -2.95. The highest BCUT2D eigenvalue weighted by atomic mass is 16.7. The molecule has 0 spiro atoms. The van der Waals surface area contributed by atoms with E-state index in [4.69, 9.17) is 14.2 Å². The lowest BCUT2D eigenvalue weighted by molar-refractivity contribution is -0.124. The monoisotopic (exact) mass is 339 g/mol. The van der Waals surface area contributed by atoms with Crippen LogP contribution in [0.4, 0.5) is 0 Å². The van der Waals surface area contributed by atoms with Crippen molar-refractivity contribution in [3.8, 4) is 17.2 Å². The third kappa shape index (κ3) is 4.32. The summed E-state index contributed by atoms with van der Waals surface area (Å²) in [6.45, 7) is 0.895. The number of methoxy groups -OCH3 is 1. The van der Waals surface area contributed by atoms with Gasteiger partial charge in [0.1, 0.15) is 5.75 Å². The van der Waals surface area contributed by atoms with Crippen molar-refractivity contribution in [2.45, 2.75) is 6.42 Å². The van der Waals surface area contributed by atoms with Gasteiger partial charge >= 0.3 is 0 Å². The Labute approximate surface area is 147 Å². The van der Waals surface area contributed by atoms with Crippen molar-refractivity contribution >= 4 is 12.0 Å². The number of rotatable bonds is 6. The molecule has 0 unspecified atom stereocenters. The van der Waals surface area contributed by atoms with Gasteiger partial charge in [-0.25, -0.2) is 0 Å². The second kappa shape index (κ2) is 7.75. The quantitative estimate of drug-likeness (QED) is 0.759. The Bertz CT molecular complexity index is 768. The highest BCUT2D eigenvalue weighted by Crippen LogP contribution is 2.32. The first-order chi connectivity index (χ1) is 12.2. The van der Waals surface area contributed by atoms with Gasteiger partial charge in [-0.1, -0.05) is 18.2 Å². The molecule has 3 rings (SSSR count). The smallest absolute Gasteiger partial charge is 0.246 e. The van der Waals surface area contributed by atoms with Crippen molar-refractivity contribution in [2.75, 3.05) is 27.5 Å². The molecule has 5 nitrogen and oxygen atoms in total. The fourth-order valence-electron chi connectivity index (χ4n) is 2.51. The maximum atomic E-state index is 12.2. The molecule has 2 aromatic carbocycles. The Morgan fingerprint density at radius 3 is 2.68 bits per heavy atom. The summed E-state index contributed by atoms with van der Waals surface area (Å²) in [5, 5.41) is 0. The lowest BCUT2D eigenvalue weighted by Gasteiger charge is -2.15. The molecule has 25 heavy (non-hydrogen) atoms. The summed E-state index contributed by atoms with van der Waals surface area (Å²) in [6, 6.07) is 13.5. The van der Waals surface area contributed by atoms with Crippen LogP contribution in [0.5, 0.6) is 17.2 Å². The molecule has 1 aliphatic heterocycles. The van der Waals surface area contributed by atoms with Crippen molar-refractivity contribution in [2.24, 2.45) is 0 Å². The molecule has 0 radical (unpaired) electrons. The molecule has 1 amide bonds. The van der Waals surface area contributed by atoms with E-state index in [1.807, 2.05) is 42.5 Å². The van der Waals surface area contributed by atoms with E-state index in [2.05, 4.69) is 0 Å². The van der Waals surface area contributed by atoms with E-state index in [1.54, 1.807) is 31.2 Å². The molecule has 0 fully saturated rings. The zero-order chi connectivity index (χ0) is 17.6. The average molecular weight is 339 g/mol. The van der Waals surface area contributed by atoms with Crippen molar-refractivity contribution < 1.29 is 19.0 Å². The number of amides is 1. The van der Waals surface area contributed by atoms with Crippen LogP contribution < -0.4 is 14.2 Å². The third-order valence-corrected chi connectivity index (χ3v) is 4.09. The minimum absolute atomic E-state index is 0.0359. The van der Waals surface area contributed by atoms with Gasteiger partial charge < -0.3 is 19.1 Å². The van der Waals surface area contributed by atoms with E-state index >= 15 is 0 Å². The highest BCUT2D eigenvalue weighted by Gasteiger charge is 2.12. The first-order valence-corrected chi connectivity index (χ1v) is 8.11. The topological polar surface area (TPSA) is 48.0 Å². The molecule has 0 saturated carbocycles. The summed E-state index contributed by atoms with van der Waals surface area (Å²) in [5.74, 6) is 2.24. The number of nitrogens with zero attached hydrogens (tertiary/aromatic N) is 1. The number of ether oxygens (including phenoxy) is 3. The zero-order valence-electron chi connectivity index (χ0n) is 14.4. The van der Waals surface area contributed by atoms with Gasteiger partial charge in [0.15, 0.2) is 11.5 Å². The van der Waals surface area contributed by atoms with Crippen LogP contribution in [0.25, 0.3) is 6.08 Å². The highest BCUT2D eigenvalue weighted by molar-refractivity contribution is 5.91. The van der Waals surface area contributed by atoms with Crippen LogP contribution in [0.1, 0.15) is 11.1 Å². The van der Waals surface area contributed by atoms with E-state index in [0.717, 1.165) is 23.5 Å². The summed E-state index contributed by atoms with van der Waals surface area (Å²) in [6.07, 6.45) is 4.16. The maximum absolute atomic E-state index is 12.2. The molecule has 0 bridgehead atoms. The van der Waals surface area contributed by atoms with Gasteiger partial charge in [-0.15, -0.1) is 0 Å². The number of hydrogen-bond donors (Lipinski definition) is 0. The molecule has 0 saturated heterocycles. The average Bonchev–Trinajstić information content (AvgIpc) is 3.12. The minimum Gasteiger partial charge on any atom is -0.497 e. The van der Waals surface area contributed by atoms with E-state index in [-0.39, 0.29) is 12.7 Å². The molecule has 2 aromatic rings. The Kier molecular flexibility index (Phi) is 5.23. The van der Waals surface area contributed by atoms with E-state index in [9.17, 15) is 4.79 Å². The lowest BCUT2D eigenvalue weighted by atomic mass is 10.1. The van der Waals surface area contributed by atoms with E-state index in [1.165, 1.54) is 5.56 Å². The predicted molar refractivity (Wildman–Crippen MR) is 95.9 cm³/mol. The lowest BCUT2D eigenvalue weighted by Crippen LogP contribution is -2.27. The first-order valence-electron chi connectivity index (χ1n) is 8.11. The number of carbonyl (C=O) groups is 1. The van der Waals surface area contributed by atoms with Crippen LogP contribution in [0.15, 0.2) is 48.5 Å². The summed E-state index contributed by atoms with van der Waals surface area (Å²) in [5.41, 5.74) is 2.07. The van der Waals surface area contributed by atoms with Crippen molar-refractivity contribution in [1.82, 2.24) is 4.90 Å². The Morgan fingerprint density at radius 1 is 1.16 bits per heavy atom. The van der Waals surface area contributed by atoms with Gasteiger partial charge in [-0.3, -0.25) is 4.79 Å². The SMILES string of the molecule is COc1ccc(CCN(C)C(=O)C=Cc2ccc3c(c2)OCO3)cc1. The second-order valence-corrected chi connectivity index (χ2v) is 5.80. The van der Waals surface area contributed by atoms with Gasteiger partial charge in [0.25, 0.3) is 0 Å². The summed E-state index contributed by atoms with van der Waals surface area (Å²) >= 11 is 0. The number of hydrogen-bond acceptors (Lipinski definition) is 4. The van der Waals surface area contributed by atoms with E-state index < -0.39 is 0 Å². The largest absolute Gasteiger partial charge is 0.497 e. The molecule has 1 aliphatic rings. The molecule has 0 N–H and O–H groups in total. The molecule has 1 heterocycles. The van der Waals surface area contributed by atoms with Crippen LogP contribution in [0, 0.1) is 0 Å². The predicted octanol–water partition coefficient (Wildman–Crippen LogP) is 3.14.